The number of benzene rings is 3. The van der Waals surface area contributed by atoms with E-state index in [2.05, 4.69) is 89.3 Å². The van der Waals surface area contributed by atoms with Crippen LogP contribution in [-0.4, -0.2) is 23.3 Å². The van der Waals surface area contributed by atoms with Crippen LogP contribution in [0.25, 0.3) is 11.1 Å². The van der Waals surface area contributed by atoms with Crippen molar-refractivity contribution in [2.24, 2.45) is 0 Å². The number of hydrogen-bond acceptors (Lipinski definition) is 4. The highest BCUT2D eigenvalue weighted by atomic mass is 32.2. The minimum absolute atomic E-state index is 0.0140. The molecule has 0 aliphatic rings. The first-order chi connectivity index (χ1) is 17.8. The highest BCUT2D eigenvalue weighted by Crippen LogP contribution is 2.41. The third kappa shape index (κ3) is 8.37. The molecule has 0 N–H and O–H groups in total. The van der Waals surface area contributed by atoms with Gasteiger partial charge in [0.05, 0.1) is 17.6 Å². The maximum absolute atomic E-state index is 12.4. The monoisotopic (exact) mass is 552 g/mol. The van der Waals surface area contributed by atoms with Gasteiger partial charge in [-0.25, -0.2) is 0 Å². The zero-order chi connectivity index (χ0) is 28.0. The van der Waals surface area contributed by atoms with E-state index >= 15 is 0 Å². The van der Waals surface area contributed by atoms with Gasteiger partial charge >= 0.3 is 0 Å². The van der Waals surface area contributed by atoms with E-state index in [1.54, 1.807) is 24.3 Å². The average molecular weight is 553 g/mol. The van der Waals surface area contributed by atoms with E-state index in [0.717, 1.165) is 24.8 Å². The molecule has 1 unspecified atom stereocenters. The first-order valence-electron chi connectivity index (χ1n) is 13.6. The molecule has 0 saturated carbocycles. The fraction of sp³-hybridized carbons (Fsp3) is 0.438. The highest BCUT2D eigenvalue weighted by Gasteiger charge is 2.39. The third-order valence-corrected chi connectivity index (χ3v) is 13.4. The minimum Gasteiger partial charge on any atom is -0.410 e. The van der Waals surface area contributed by atoms with Gasteiger partial charge in [-0.15, -0.1) is 0 Å². The molecule has 3 rings (SSSR count). The van der Waals surface area contributed by atoms with E-state index in [0.29, 0.717) is 6.42 Å². The Labute approximate surface area is 231 Å². The van der Waals surface area contributed by atoms with Crippen molar-refractivity contribution in [3.63, 3.8) is 0 Å². The van der Waals surface area contributed by atoms with Gasteiger partial charge in [0.15, 0.2) is 8.32 Å². The predicted molar refractivity (Wildman–Crippen MR) is 160 cm³/mol. The van der Waals surface area contributed by atoms with Gasteiger partial charge in [0.1, 0.15) is 0 Å². The van der Waals surface area contributed by atoms with Gasteiger partial charge in [-0.3, -0.25) is 4.18 Å². The second kappa shape index (κ2) is 12.7. The van der Waals surface area contributed by atoms with Gasteiger partial charge in [0.2, 0.25) is 0 Å². The Hall–Kier alpha value is -2.25. The van der Waals surface area contributed by atoms with E-state index in [9.17, 15) is 8.42 Å². The lowest BCUT2D eigenvalue weighted by atomic mass is 9.99. The van der Waals surface area contributed by atoms with Crippen molar-refractivity contribution >= 4 is 18.4 Å². The van der Waals surface area contributed by atoms with Crippen molar-refractivity contribution in [3.05, 3.63) is 89.5 Å². The van der Waals surface area contributed by atoms with Crippen molar-refractivity contribution in [1.82, 2.24) is 0 Å². The van der Waals surface area contributed by atoms with Crippen molar-refractivity contribution in [3.8, 4) is 11.1 Å². The van der Waals surface area contributed by atoms with E-state index in [1.165, 1.54) is 22.3 Å². The Morgan fingerprint density at radius 2 is 1.24 bits per heavy atom. The van der Waals surface area contributed by atoms with Gasteiger partial charge in [-0.05, 0) is 73.6 Å². The van der Waals surface area contributed by atoms with Gasteiger partial charge in [0.25, 0.3) is 10.1 Å². The lowest BCUT2D eigenvalue weighted by Crippen LogP contribution is -2.41. The molecule has 0 aliphatic heterocycles. The van der Waals surface area contributed by atoms with Crippen LogP contribution >= 0.6 is 0 Å². The summed E-state index contributed by atoms with van der Waals surface area (Å²) in [6, 6.07) is 24.1. The van der Waals surface area contributed by atoms with Crippen LogP contribution in [0.5, 0.6) is 0 Å². The molecule has 0 bridgehead atoms. The normalized spacial score (nSPS) is 13.4. The molecule has 0 aromatic heterocycles. The maximum Gasteiger partial charge on any atom is 0.296 e. The maximum atomic E-state index is 12.4. The van der Waals surface area contributed by atoms with Gasteiger partial charge in [0, 0.05) is 0 Å². The molecule has 3 aromatic rings. The fourth-order valence-corrected chi connectivity index (χ4v) is 6.27. The van der Waals surface area contributed by atoms with E-state index < -0.39 is 18.4 Å². The summed E-state index contributed by atoms with van der Waals surface area (Å²) in [6.07, 6.45) is 3.40. The van der Waals surface area contributed by atoms with E-state index in [1.807, 2.05) is 6.92 Å². The minimum atomic E-state index is -3.71. The topological polar surface area (TPSA) is 52.6 Å². The van der Waals surface area contributed by atoms with Gasteiger partial charge < -0.3 is 4.43 Å². The largest absolute Gasteiger partial charge is 0.410 e. The summed E-state index contributed by atoms with van der Waals surface area (Å²) in [6.45, 7) is 15.6. The Morgan fingerprint density at radius 1 is 0.737 bits per heavy atom. The van der Waals surface area contributed by atoms with E-state index in [-0.39, 0.29) is 22.6 Å². The molecule has 38 heavy (non-hydrogen) atoms. The molecule has 0 aliphatic carbocycles. The Kier molecular flexibility index (Phi) is 10.2. The van der Waals surface area contributed by atoms with Gasteiger partial charge in [-0.1, -0.05) is 105 Å². The lowest BCUT2D eigenvalue weighted by Gasteiger charge is -2.39. The molecule has 3 aromatic carbocycles. The Balaban J connectivity index is 1.61. The SMILES string of the molecule is Cc1ccc(-c2ccc(C(CCCCCOS(=O)(=O)c3ccc(C)cc3)O[Si](C)(C)C(C)(C)C)cc2)cc1. The second-order valence-corrected chi connectivity index (χ2v) is 18.2. The molecule has 0 spiro atoms. The third-order valence-electron chi connectivity index (χ3n) is 7.57. The summed E-state index contributed by atoms with van der Waals surface area (Å²) in [4.78, 5) is 0.208. The summed E-state index contributed by atoms with van der Waals surface area (Å²) in [5.41, 5.74) is 5.88. The summed E-state index contributed by atoms with van der Waals surface area (Å²) in [7, 11) is -5.69. The summed E-state index contributed by atoms with van der Waals surface area (Å²) in [5.74, 6) is 0. The van der Waals surface area contributed by atoms with Crippen LogP contribution in [0.1, 0.15) is 69.2 Å². The summed E-state index contributed by atoms with van der Waals surface area (Å²) < 4.78 is 37.0. The van der Waals surface area contributed by atoms with Crippen LogP contribution < -0.4 is 0 Å². The van der Waals surface area contributed by atoms with Crippen LogP contribution in [0.3, 0.4) is 0 Å². The molecule has 6 heteroatoms. The van der Waals surface area contributed by atoms with Crippen molar-refractivity contribution < 1.29 is 17.0 Å². The molecule has 206 valence electrons. The molecule has 1 atom stereocenters. The number of unbranched alkanes of at least 4 members (excludes halogenated alkanes) is 2. The Morgan fingerprint density at radius 3 is 1.76 bits per heavy atom. The molecule has 0 radical (unpaired) electrons. The quantitative estimate of drug-likeness (QED) is 0.128. The van der Waals surface area contributed by atoms with Crippen molar-refractivity contribution in [2.75, 3.05) is 6.61 Å². The Bertz CT molecular complexity index is 1260. The number of rotatable bonds is 12. The predicted octanol–water partition coefficient (Wildman–Crippen LogP) is 9.00. The van der Waals surface area contributed by atoms with Crippen LogP contribution in [0.15, 0.2) is 77.7 Å². The first kappa shape index (κ1) is 30.3. The smallest absolute Gasteiger partial charge is 0.296 e. The highest BCUT2D eigenvalue weighted by molar-refractivity contribution is 7.86. The fourth-order valence-electron chi connectivity index (χ4n) is 4.01. The molecule has 0 saturated heterocycles. The number of hydrogen-bond donors (Lipinski definition) is 0. The molecular weight excluding hydrogens is 509 g/mol. The van der Waals surface area contributed by atoms with Crippen LogP contribution in [0.4, 0.5) is 0 Å². The standard InChI is InChI=1S/C32H44O4SSi/c1-25-12-16-27(17-13-25)28-18-20-29(21-19-28)31(36-38(6,7)32(3,4)5)11-9-8-10-24-35-37(33,34)30-22-14-26(2)15-23-30/h12-23,31H,8-11,24H2,1-7H3. The molecule has 0 fully saturated rings. The summed E-state index contributed by atoms with van der Waals surface area (Å²) >= 11 is 0. The van der Waals surface area contributed by atoms with Gasteiger partial charge in [-0.2, -0.15) is 8.42 Å². The zero-order valence-electron chi connectivity index (χ0n) is 24.1. The molecule has 0 heterocycles. The number of aryl methyl sites for hydroxylation is 2. The lowest BCUT2D eigenvalue weighted by molar-refractivity contribution is 0.168. The van der Waals surface area contributed by atoms with Crippen LogP contribution in [0.2, 0.25) is 18.1 Å². The molecular formula is C32H44O4SSi. The first-order valence-corrected chi connectivity index (χ1v) is 17.9. The van der Waals surface area contributed by atoms with Crippen molar-refractivity contribution in [1.29, 1.82) is 0 Å². The zero-order valence-corrected chi connectivity index (χ0v) is 25.9. The molecule has 0 amide bonds. The molecule has 4 nitrogen and oxygen atoms in total. The summed E-state index contributed by atoms with van der Waals surface area (Å²) in [5, 5.41) is 0.116. The van der Waals surface area contributed by atoms with E-state index in [4.69, 9.17) is 8.61 Å². The average Bonchev–Trinajstić information content (AvgIpc) is 2.85. The van der Waals surface area contributed by atoms with Crippen LogP contribution in [-0.2, 0) is 18.7 Å². The van der Waals surface area contributed by atoms with Crippen molar-refractivity contribution in [2.45, 2.75) is 89.4 Å². The second-order valence-electron chi connectivity index (χ2n) is 11.8. The van der Waals surface area contributed by atoms with Crippen LogP contribution in [0, 0.1) is 13.8 Å².